The molecule has 1 N–H and O–H groups in total. The fourth-order valence-corrected chi connectivity index (χ4v) is 2.80. The van der Waals surface area contributed by atoms with Crippen molar-refractivity contribution in [3.8, 4) is 23.0 Å². The van der Waals surface area contributed by atoms with Gasteiger partial charge in [0.2, 0.25) is 0 Å². The van der Waals surface area contributed by atoms with Crippen molar-refractivity contribution in [1.82, 2.24) is 5.32 Å². The summed E-state index contributed by atoms with van der Waals surface area (Å²) in [6, 6.07) is 12.1. The highest BCUT2D eigenvalue weighted by Crippen LogP contribution is 2.33. The van der Waals surface area contributed by atoms with E-state index in [1.165, 1.54) is 0 Å². The first-order chi connectivity index (χ1) is 11.7. The summed E-state index contributed by atoms with van der Waals surface area (Å²) in [5, 5.41) is 3.52. The van der Waals surface area contributed by atoms with Gasteiger partial charge in [-0.1, -0.05) is 18.2 Å². The molecule has 1 aliphatic rings. The zero-order valence-corrected chi connectivity index (χ0v) is 14.3. The third-order valence-corrected chi connectivity index (χ3v) is 4.15. The van der Waals surface area contributed by atoms with Gasteiger partial charge in [-0.15, -0.1) is 0 Å². The van der Waals surface area contributed by atoms with Crippen LogP contribution < -0.4 is 24.3 Å². The lowest BCUT2D eigenvalue weighted by Crippen LogP contribution is -2.20. The smallest absolute Gasteiger partial charge is 0.165 e. The van der Waals surface area contributed by atoms with E-state index in [4.69, 9.17) is 18.9 Å². The van der Waals surface area contributed by atoms with Crippen LogP contribution >= 0.6 is 0 Å². The Morgan fingerprint density at radius 1 is 1.04 bits per heavy atom. The van der Waals surface area contributed by atoms with Gasteiger partial charge in [-0.2, -0.15) is 0 Å². The lowest BCUT2D eigenvalue weighted by molar-refractivity contribution is 0.171. The number of hydrogen-bond donors (Lipinski definition) is 1. The second kappa shape index (κ2) is 7.45. The van der Waals surface area contributed by atoms with Gasteiger partial charge in [0.25, 0.3) is 0 Å². The highest BCUT2D eigenvalue weighted by atomic mass is 16.6. The van der Waals surface area contributed by atoms with Crippen molar-refractivity contribution in [2.75, 3.05) is 27.4 Å². The Balaban J connectivity index is 1.71. The lowest BCUT2D eigenvalue weighted by Gasteiger charge is -2.21. The van der Waals surface area contributed by atoms with Gasteiger partial charge in [0.05, 0.1) is 14.2 Å². The Labute approximate surface area is 142 Å². The van der Waals surface area contributed by atoms with Crippen LogP contribution in [0, 0.1) is 0 Å². The molecule has 0 radical (unpaired) electrons. The Bertz CT molecular complexity index is 702. The molecule has 1 aliphatic heterocycles. The van der Waals surface area contributed by atoms with Crippen molar-refractivity contribution in [3.05, 3.63) is 47.5 Å². The quantitative estimate of drug-likeness (QED) is 0.881. The molecule has 0 fully saturated rings. The van der Waals surface area contributed by atoms with Gasteiger partial charge >= 0.3 is 0 Å². The van der Waals surface area contributed by atoms with E-state index in [2.05, 4.69) is 18.3 Å². The third-order valence-electron chi connectivity index (χ3n) is 4.15. The first kappa shape index (κ1) is 16.5. The van der Waals surface area contributed by atoms with Crippen LogP contribution in [0.5, 0.6) is 23.0 Å². The Morgan fingerprint density at radius 3 is 2.58 bits per heavy atom. The van der Waals surface area contributed by atoms with Crippen LogP contribution in [0.1, 0.15) is 24.1 Å². The van der Waals surface area contributed by atoms with Crippen molar-refractivity contribution < 1.29 is 18.9 Å². The molecule has 3 rings (SSSR count). The molecular weight excluding hydrogens is 306 g/mol. The van der Waals surface area contributed by atoms with Gasteiger partial charge in [-0.3, -0.25) is 0 Å². The summed E-state index contributed by atoms with van der Waals surface area (Å²) >= 11 is 0. The van der Waals surface area contributed by atoms with Crippen LogP contribution in [0.4, 0.5) is 0 Å². The van der Waals surface area contributed by atoms with E-state index in [0.29, 0.717) is 19.8 Å². The fourth-order valence-electron chi connectivity index (χ4n) is 2.80. The molecule has 0 saturated heterocycles. The van der Waals surface area contributed by atoms with Gasteiger partial charge in [0.15, 0.2) is 23.0 Å². The molecule has 1 unspecified atom stereocenters. The first-order valence-electron chi connectivity index (χ1n) is 8.05. The molecule has 5 nitrogen and oxygen atoms in total. The predicted octanol–water partition coefficient (Wildman–Crippen LogP) is 3.33. The van der Waals surface area contributed by atoms with Crippen molar-refractivity contribution >= 4 is 0 Å². The van der Waals surface area contributed by atoms with Crippen LogP contribution in [-0.2, 0) is 6.54 Å². The van der Waals surface area contributed by atoms with E-state index < -0.39 is 0 Å². The summed E-state index contributed by atoms with van der Waals surface area (Å²) in [7, 11) is 3.30. The molecule has 2 aromatic rings. The fraction of sp³-hybridized carbons (Fsp3) is 0.368. The van der Waals surface area contributed by atoms with E-state index in [0.717, 1.165) is 34.1 Å². The maximum atomic E-state index is 5.65. The molecule has 5 heteroatoms. The lowest BCUT2D eigenvalue weighted by atomic mass is 10.1. The molecule has 0 amide bonds. The van der Waals surface area contributed by atoms with E-state index >= 15 is 0 Å². The predicted molar refractivity (Wildman–Crippen MR) is 92.2 cm³/mol. The number of para-hydroxylation sites is 1. The van der Waals surface area contributed by atoms with Crippen LogP contribution in [-0.4, -0.2) is 27.4 Å². The summed E-state index contributed by atoms with van der Waals surface area (Å²) in [4.78, 5) is 0. The van der Waals surface area contributed by atoms with Gasteiger partial charge in [0, 0.05) is 18.2 Å². The number of benzene rings is 2. The van der Waals surface area contributed by atoms with Crippen LogP contribution in [0.15, 0.2) is 36.4 Å². The standard InChI is InChI=1S/C19H23NO4/c1-13(14-7-8-16-18(11-14)24-10-9-23-16)20-12-15-5-4-6-17(21-2)19(15)22-3/h4-8,11,13,20H,9-10,12H2,1-3H3. The highest BCUT2D eigenvalue weighted by Gasteiger charge is 2.15. The molecule has 0 bridgehead atoms. The molecular formula is C19H23NO4. The highest BCUT2D eigenvalue weighted by molar-refractivity contribution is 5.47. The topological polar surface area (TPSA) is 49.0 Å². The summed E-state index contributed by atoms with van der Waals surface area (Å²) in [6.45, 7) is 4.00. The summed E-state index contributed by atoms with van der Waals surface area (Å²) in [5.41, 5.74) is 2.21. The maximum Gasteiger partial charge on any atom is 0.165 e. The van der Waals surface area contributed by atoms with Crippen molar-refractivity contribution in [3.63, 3.8) is 0 Å². The second-order valence-corrected chi connectivity index (χ2v) is 5.66. The second-order valence-electron chi connectivity index (χ2n) is 5.66. The Morgan fingerprint density at radius 2 is 1.83 bits per heavy atom. The van der Waals surface area contributed by atoms with Gasteiger partial charge < -0.3 is 24.3 Å². The van der Waals surface area contributed by atoms with Crippen LogP contribution in [0.25, 0.3) is 0 Å². The number of ether oxygens (including phenoxy) is 4. The molecule has 24 heavy (non-hydrogen) atoms. The Hall–Kier alpha value is -2.40. The van der Waals surface area contributed by atoms with E-state index in [1.807, 2.05) is 30.3 Å². The molecule has 0 aliphatic carbocycles. The zero-order valence-electron chi connectivity index (χ0n) is 14.3. The van der Waals surface area contributed by atoms with Gasteiger partial charge in [0.1, 0.15) is 13.2 Å². The number of nitrogens with one attached hydrogen (secondary N) is 1. The van der Waals surface area contributed by atoms with Crippen molar-refractivity contribution in [1.29, 1.82) is 0 Å². The SMILES string of the molecule is COc1cccc(CNC(C)c2ccc3c(c2)OCCO3)c1OC. The minimum absolute atomic E-state index is 0.164. The third kappa shape index (κ3) is 3.41. The van der Waals surface area contributed by atoms with Crippen LogP contribution in [0.2, 0.25) is 0 Å². The number of fused-ring (bicyclic) bond motifs is 1. The molecule has 1 atom stereocenters. The Kier molecular flexibility index (Phi) is 5.11. The van der Waals surface area contributed by atoms with E-state index in [9.17, 15) is 0 Å². The molecule has 0 aromatic heterocycles. The number of hydrogen-bond acceptors (Lipinski definition) is 5. The minimum Gasteiger partial charge on any atom is -0.493 e. The zero-order chi connectivity index (χ0) is 16.9. The normalized spacial score (nSPS) is 14.1. The van der Waals surface area contributed by atoms with Crippen molar-refractivity contribution in [2.24, 2.45) is 0 Å². The average Bonchev–Trinajstić information content (AvgIpc) is 2.65. The van der Waals surface area contributed by atoms with E-state index in [-0.39, 0.29) is 6.04 Å². The van der Waals surface area contributed by atoms with Gasteiger partial charge in [-0.05, 0) is 30.7 Å². The molecule has 0 spiro atoms. The molecule has 0 saturated carbocycles. The summed E-state index contributed by atoms with van der Waals surface area (Å²) < 4.78 is 22.0. The molecule has 1 heterocycles. The maximum absolute atomic E-state index is 5.65. The monoisotopic (exact) mass is 329 g/mol. The van der Waals surface area contributed by atoms with Crippen LogP contribution in [0.3, 0.4) is 0 Å². The average molecular weight is 329 g/mol. The first-order valence-corrected chi connectivity index (χ1v) is 8.05. The number of methoxy groups -OCH3 is 2. The molecule has 2 aromatic carbocycles. The minimum atomic E-state index is 0.164. The largest absolute Gasteiger partial charge is 0.493 e. The van der Waals surface area contributed by atoms with E-state index in [1.54, 1.807) is 14.2 Å². The summed E-state index contributed by atoms with van der Waals surface area (Å²) in [6.07, 6.45) is 0. The van der Waals surface area contributed by atoms with Gasteiger partial charge in [-0.25, -0.2) is 0 Å². The summed E-state index contributed by atoms with van der Waals surface area (Å²) in [5.74, 6) is 3.13. The molecule has 128 valence electrons. The van der Waals surface area contributed by atoms with Crippen molar-refractivity contribution in [2.45, 2.75) is 19.5 Å². The number of rotatable bonds is 6.